The van der Waals surface area contributed by atoms with E-state index in [1.54, 1.807) is 7.11 Å². The molecule has 22 heavy (non-hydrogen) atoms. The van der Waals surface area contributed by atoms with Crippen molar-refractivity contribution in [1.29, 1.82) is 0 Å². The summed E-state index contributed by atoms with van der Waals surface area (Å²) in [5, 5.41) is 3.43. The number of halogens is 1. The molecule has 0 saturated heterocycles. The van der Waals surface area contributed by atoms with E-state index in [0.29, 0.717) is 12.6 Å². The third kappa shape index (κ3) is 4.49. The maximum atomic E-state index is 6.06. The Morgan fingerprint density at radius 1 is 1.09 bits per heavy atom. The van der Waals surface area contributed by atoms with Gasteiger partial charge in [0.05, 0.1) is 7.11 Å². The highest BCUT2D eigenvalue weighted by Crippen LogP contribution is 2.36. The predicted molar refractivity (Wildman–Crippen MR) is 93.4 cm³/mol. The molecule has 0 aromatic heterocycles. The number of ether oxygens (including phenoxy) is 2. The van der Waals surface area contributed by atoms with Gasteiger partial charge in [-0.3, -0.25) is 0 Å². The number of nitrogens with one attached hydrogen (secondary N) is 1. The van der Waals surface area contributed by atoms with Gasteiger partial charge in [0.15, 0.2) is 11.5 Å². The fourth-order valence-corrected chi connectivity index (χ4v) is 2.55. The fraction of sp³-hybridized carbons (Fsp3) is 0.333. The Hall–Kier alpha value is -1.52. The second-order valence-corrected chi connectivity index (χ2v) is 6.22. The van der Waals surface area contributed by atoms with Gasteiger partial charge in [-0.15, -0.1) is 0 Å². The molecule has 0 aliphatic heterocycles. The number of hydrogen-bond acceptors (Lipinski definition) is 3. The molecule has 0 unspecified atom stereocenters. The summed E-state index contributed by atoms with van der Waals surface area (Å²) in [6.07, 6.45) is 0. The van der Waals surface area contributed by atoms with Gasteiger partial charge in [-0.05, 0) is 17.7 Å². The molecule has 0 radical (unpaired) electrons. The first-order valence-corrected chi connectivity index (χ1v) is 8.16. The lowest BCUT2D eigenvalue weighted by molar-refractivity contribution is 0.280. The standard InChI is InChI=1S/C18H22BrNO2/c1-13(2)20-11-15-16(19)9-10-17(21-3)18(15)22-12-14-7-5-4-6-8-14/h4-10,13,20H,11-12H2,1-3H3. The van der Waals surface area contributed by atoms with Gasteiger partial charge >= 0.3 is 0 Å². The molecule has 4 heteroatoms. The van der Waals surface area contributed by atoms with Crippen LogP contribution in [0.15, 0.2) is 46.9 Å². The van der Waals surface area contributed by atoms with Crippen LogP contribution in [0.2, 0.25) is 0 Å². The summed E-state index contributed by atoms with van der Waals surface area (Å²) in [6, 6.07) is 14.4. The van der Waals surface area contributed by atoms with Gasteiger partial charge in [0.1, 0.15) is 6.61 Å². The van der Waals surface area contributed by atoms with Crippen LogP contribution in [-0.4, -0.2) is 13.2 Å². The van der Waals surface area contributed by atoms with Crippen LogP contribution >= 0.6 is 15.9 Å². The van der Waals surface area contributed by atoms with E-state index in [0.717, 1.165) is 33.6 Å². The molecule has 3 nitrogen and oxygen atoms in total. The summed E-state index contributed by atoms with van der Waals surface area (Å²) in [5.41, 5.74) is 2.20. The molecule has 0 amide bonds. The maximum absolute atomic E-state index is 6.06. The van der Waals surface area contributed by atoms with E-state index in [2.05, 4.69) is 47.2 Å². The lowest BCUT2D eigenvalue weighted by Crippen LogP contribution is -2.22. The number of rotatable bonds is 7. The summed E-state index contributed by atoms with van der Waals surface area (Å²) in [4.78, 5) is 0. The lowest BCUT2D eigenvalue weighted by atomic mass is 10.1. The Labute approximate surface area is 140 Å². The summed E-state index contributed by atoms with van der Waals surface area (Å²) in [7, 11) is 1.66. The molecule has 0 heterocycles. The van der Waals surface area contributed by atoms with E-state index < -0.39 is 0 Å². The highest BCUT2D eigenvalue weighted by atomic mass is 79.9. The van der Waals surface area contributed by atoms with Gasteiger partial charge in [0, 0.05) is 22.6 Å². The predicted octanol–water partition coefficient (Wildman–Crippen LogP) is 4.53. The minimum atomic E-state index is 0.403. The second-order valence-electron chi connectivity index (χ2n) is 5.37. The molecular weight excluding hydrogens is 342 g/mol. The van der Waals surface area contributed by atoms with Crippen molar-refractivity contribution in [3.63, 3.8) is 0 Å². The first-order chi connectivity index (χ1) is 10.6. The second kappa shape index (κ2) is 8.20. The molecule has 0 aliphatic carbocycles. The van der Waals surface area contributed by atoms with Crippen LogP contribution in [0.3, 0.4) is 0 Å². The monoisotopic (exact) mass is 363 g/mol. The van der Waals surface area contributed by atoms with E-state index in [1.807, 2.05) is 30.3 Å². The Balaban J connectivity index is 2.24. The zero-order chi connectivity index (χ0) is 15.9. The topological polar surface area (TPSA) is 30.5 Å². The number of hydrogen-bond donors (Lipinski definition) is 1. The highest BCUT2D eigenvalue weighted by molar-refractivity contribution is 9.10. The van der Waals surface area contributed by atoms with E-state index in [4.69, 9.17) is 9.47 Å². The quantitative estimate of drug-likeness (QED) is 0.783. The molecule has 0 aliphatic rings. The van der Waals surface area contributed by atoms with E-state index >= 15 is 0 Å². The Kier molecular flexibility index (Phi) is 6.28. The van der Waals surface area contributed by atoms with Crippen LogP contribution in [0.5, 0.6) is 11.5 Å². The van der Waals surface area contributed by atoms with E-state index in [1.165, 1.54) is 0 Å². The van der Waals surface area contributed by atoms with Gasteiger partial charge in [0.25, 0.3) is 0 Å². The lowest BCUT2D eigenvalue weighted by Gasteiger charge is -2.18. The van der Waals surface area contributed by atoms with Crippen LogP contribution in [0.1, 0.15) is 25.0 Å². The fourth-order valence-electron chi connectivity index (χ4n) is 2.10. The van der Waals surface area contributed by atoms with Crippen LogP contribution in [-0.2, 0) is 13.2 Å². The highest BCUT2D eigenvalue weighted by Gasteiger charge is 2.15. The zero-order valence-electron chi connectivity index (χ0n) is 13.2. The first kappa shape index (κ1) is 16.8. The van der Waals surface area contributed by atoms with Crippen molar-refractivity contribution >= 4 is 15.9 Å². The van der Waals surface area contributed by atoms with Gasteiger partial charge in [-0.25, -0.2) is 0 Å². The van der Waals surface area contributed by atoms with E-state index in [9.17, 15) is 0 Å². The van der Waals surface area contributed by atoms with Crippen LogP contribution in [0, 0.1) is 0 Å². The molecule has 0 saturated carbocycles. The Morgan fingerprint density at radius 2 is 1.82 bits per heavy atom. The van der Waals surface area contributed by atoms with Crippen LogP contribution < -0.4 is 14.8 Å². The SMILES string of the molecule is COc1ccc(Br)c(CNC(C)C)c1OCc1ccccc1. The summed E-state index contributed by atoms with van der Waals surface area (Å²) >= 11 is 3.61. The molecule has 2 aromatic carbocycles. The average molecular weight is 364 g/mol. The minimum absolute atomic E-state index is 0.403. The molecule has 0 spiro atoms. The van der Waals surface area contributed by atoms with Gasteiger partial charge < -0.3 is 14.8 Å². The van der Waals surface area contributed by atoms with Crippen molar-refractivity contribution < 1.29 is 9.47 Å². The molecule has 118 valence electrons. The van der Waals surface area contributed by atoms with Crippen molar-refractivity contribution in [2.24, 2.45) is 0 Å². The van der Waals surface area contributed by atoms with Crippen LogP contribution in [0.4, 0.5) is 0 Å². The van der Waals surface area contributed by atoms with Crippen LogP contribution in [0.25, 0.3) is 0 Å². The number of methoxy groups -OCH3 is 1. The molecule has 2 aromatic rings. The zero-order valence-corrected chi connectivity index (χ0v) is 14.8. The van der Waals surface area contributed by atoms with E-state index in [-0.39, 0.29) is 0 Å². The maximum Gasteiger partial charge on any atom is 0.167 e. The molecule has 1 N–H and O–H groups in total. The van der Waals surface area contributed by atoms with Crippen molar-refractivity contribution in [1.82, 2.24) is 5.32 Å². The van der Waals surface area contributed by atoms with Gasteiger partial charge in [-0.2, -0.15) is 0 Å². The third-order valence-corrected chi connectivity index (χ3v) is 4.04. The largest absolute Gasteiger partial charge is 0.493 e. The molecule has 0 bridgehead atoms. The van der Waals surface area contributed by atoms with Crippen molar-refractivity contribution in [3.05, 3.63) is 58.1 Å². The minimum Gasteiger partial charge on any atom is -0.493 e. The summed E-state index contributed by atoms with van der Waals surface area (Å²) < 4.78 is 12.5. The normalized spacial score (nSPS) is 10.8. The molecule has 2 rings (SSSR count). The summed E-state index contributed by atoms with van der Waals surface area (Å²) in [6.45, 7) is 5.49. The van der Waals surface area contributed by atoms with Gasteiger partial charge in [0.2, 0.25) is 0 Å². The molecule has 0 atom stereocenters. The van der Waals surface area contributed by atoms with Crippen molar-refractivity contribution in [3.8, 4) is 11.5 Å². The Bertz CT molecular complexity index is 600. The third-order valence-electron chi connectivity index (χ3n) is 3.30. The Morgan fingerprint density at radius 3 is 2.45 bits per heavy atom. The summed E-state index contributed by atoms with van der Waals surface area (Å²) in [5.74, 6) is 1.54. The average Bonchev–Trinajstić information content (AvgIpc) is 2.52. The van der Waals surface area contributed by atoms with Crippen molar-refractivity contribution in [2.45, 2.75) is 33.0 Å². The first-order valence-electron chi connectivity index (χ1n) is 7.37. The van der Waals surface area contributed by atoms with Crippen molar-refractivity contribution in [2.75, 3.05) is 7.11 Å². The molecule has 0 fully saturated rings. The number of benzene rings is 2. The molecular formula is C18H22BrNO2. The smallest absolute Gasteiger partial charge is 0.167 e. The van der Waals surface area contributed by atoms with Gasteiger partial charge in [-0.1, -0.05) is 60.1 Å².